The molecule has 2 aromatic heterocycles. The van der Waals surface area contributed by atoms with Crippen LogP contribution in [0.25, 0.3) is 94.3 Å². The largest absolute Gasteiger partial charge is 0.278 e. The van der Waals surface area contributed by atoms with E-state index in [0.29, 0.717) is 5.95 Å². The van der Waals surface area contributed by atoms with Crippen molar-refractivity contribution in [3.8, 4) is 61.7 Å². The molecule has 54 heavy (non-hydrogen) atoms. The van der Waals surface area contributed by atoms with E-state index in [1.165, 1.54) is 77.2 Å². The van der Waals surface area contributed by atoms with E-state index in [-0.39, 0.29) is 0 Å². The predicted molar refractivity (Wildman–Crippen MR) is 220 cm³/mol. The van der Waals surface area contributed by atoms with Crippen LogP contribution in [0.4, 0.5) is 0 Å². The van der Waals surface area contributed by atoms with Crippen molar-refractivity contribution in [1.29, 1.82) is 0 Å². The maximum absolute atomic E-state index is 5.87. The number of hydrogen-bond donors (Lipinski definition) is 0. The number of fused-ring (bicyclic) bond motifs is 12. The van der Waals surface area contributed by atoms with Gasteiger partial charge in [-0.25, -0.2) is 9.97 Å². The minimum absolute atomic E-state index is 0.602. The molecule has 0 N–H and O–H groups in total. The van der Waals surface area contributed by atoms with Crippen LogP contribution < -0.4 is 0 Å². The van der Waals surface area contributed by atoms with Crippen molar-refractivity contribution >= 4 is 32.6 Å². The zero-order valence-corrected chi connectivity index (χ0v) is 29.1. The van der Waals surface area contributed by atoms with Gasteiger partial charge in [0.15, 0.2) is 0 Å². The van der Waals surface area contributed by atoms with E-state index in [9.17, 15) is 0 Å². The first-order chi connectivity index (χ1) is 26.8. The van der Waals surface area contributed by atoms with Crippen LogP contribution in [0.5, 0.6) is 0 Å². The van der Waals surface area contributed by atoms with Gasteiger partial charge in [-0.2, -0.15) is 0 Å². The van der Waals surface area contributed by atoms with Gasteiger partial charge in [0.25, 0.3) is 0 Å². The molecule has 3 nitrogen and oxygen atoms in total. The van der Waals surface area contributed by atoms with E-state index >= 15 is 0 Å². The highest BCUT2D eigenvalue weighted by molar-refractivity contribution is 6.27. The molecule has 0 aliphatic heterocycles. The van der Waals surface area contributed by atoms with Crippen LogP contribution in [0.15, 0.2) is 176 Å². The second-order valence-electron chi connectivity index (χ2n) is 14.8. The molecule has 0 unspecified atom stereocenters. The third-order valence-electron chi connectivity index (χ3n) is 12.4. The fourth-order valence-electron chi connectivity index (χ4n) is 10.4. The van der Waals surface area contributed by atoms with Gasteiger partial charge in [-0.15, -0.1) is 0 Å². The molecule has 0 saturated heterocycles. The van der Waals surface area contributed by atoms with E-state index in [2.05, 4.69) is 180 Å². The van der Waals surface area contributed by atoms with Crippen LogP contribution in [0.1, 0.15) is 22.4 Å². The summed E-state index contributed by atoms with van der Waals surface area (Å²) in [6, 6.07) is 64.4. The summed E-state index contributed by atoms with van der Waals surface area (Å²) in [6.07, 6.45) is 0. The van der Waals surface area contributed by atoms with Gasteiger partial charge in [-0.05, 0) is 78.5 Å². The predicted octanol–water partition coefficient (Wildman–Crippen LogP) is 12.4. The van der Waals surface area contributed by atoms with Crippen LogP contribution in [0.2, 0.25) is 0 Å². The molecule has 0 radical (unpaired) electrons. The van der Waals surface area contributed by atoms with E-state index in [1.54, 1.807) is 0 Å². The highest BCUT2D eigenvalue weighted by Crippen LogP contribution is 2.63. The first kappa shape index (κ1) is 28.5. The molecule has 3 aliphatic rings. The molecule has 10 aromatic rings. The van der Waals surface area contributed by atoms with Crippen molar-refractivity contribution in [2.75, 3.05) is 0 Å². The number of aromatic nitrogens is 3. The smallest absolute Gasteiger partial charge is 0.235 e. The van der Waals surface area contributed by atoms with Crippen LogP contribution in [-0.2, 0) is 5.41 Å². The van der Waals surface area contributed by atoms with Crippen LogP contribution in [0.3, 0.4) is 0 Å². The van der Waals surface area contributed by atoms with Crippen molar-refractivity contribution < 1.29 is 0 Å². The lowest BCUT2D eigenvalue weighted by Gasteiger charge is -2.29. The Morgan fingerprint density at radius 1 is 0.370 bits per heavy atom. The number of hydrogen-bond acceptors (Lipinski definition) is 2. The van der Waals surface area contributed by atoms with Crippen molar-refractivity contribution in [3.63, 3.8) is 0 Å². The van der Waals surface area contributed by atoms with E-state index in [1.807, 2.05) is 0 Å². The average molecular weight is 684 g/mol. The highest BCUT2D eigenvalue weighted by Gasteiger charge is 2.54. The first-order valence-corrected chi connectivity index (χ1v) is 18.7. The van der Waals surface area contributed by atoms with E-state index in [4.69, 9.17) is 9.97 Å². The minimum atomic E-state index is -0.602. The SMILES string of the molecule is c1ccc(-c2nc(-n3c4cccc5c4c4c(cccc43)-c3cccc4cccc-5c34)nc3c2-c2ccccc2C32c3ccccc3-c3ccccc32)cc1. The normalized spacial score (nSPS) is 13.7. The van der Waals surface area contributed by atoms with E-state index in [0.717, 1.165) is 33.5 Å². The van der Waals surface area contributed by atoms with E-state index < -0.39 is 5.41 Å². The first-order valence-electron chi connectivity index (χ1n) is 18.7. The van der Waals surface area contributed by atoms with Gasteiger partial charge in [0, 0.05) is 21.9 Å². The lowest BCUT2D eigenvalue weighted by molar-refractivity contribution is 0.749. The summed E-state index contributed by atoms with van der Waals surface area (Å²) in [5, 5.41) is 5.05. The Morgan fingerprint density at radius 2 is 0.833 bits per heavy atom. The Morgan fingerprint density at radius 3 is 1.43 bits per heavy atom. The summed E-state index contributed by atoms with van der Waals surface area (Å²) >= 11 is 0. The fourth-order valence-corrected chi connectivity index (χ4v) is 10.4. The molecule has 13 rings (SSSR count). The lowest BCUT2D eigenvalue weighted by atomic mass is 9.72. The number of rotatable bonds is 2. The van der Waals surface area contributed by atoms with Crippen LogP contribution in [0, 0.1) is 0 Å². The third-order valence-corrected chi connectivity index (χ3v) is 12.4. The number of benzene rings is 8. The Bertz CT molecular complexity index is 3140. The maximum Gasteiger partial charge on any atom is 0.235 e. The summed E-state index contributed by atoms with van der Waals surface area (Å²) in [4.78, 5) is 11.5. The summed E-state index contributed by atoms with van der Waals surface area (Å²) in [6.45, 7) is 0. The average Bonchev–Trinajstić information content (AvgIpc) is 3.82. The summed E-state index contributed by atoms with van der Waals surface area (Å²) < 4.78 is 2.34. The Balaban J connectivity index is 1.22. The molecule has 3 heteroatoms. The fraction of sp³-hybridized carbons (Fsp3) is 0.0196. The molecule has 1 spiro atoms. The summed E-state index contributed by atoms with van der Waals surface area (Å²) in [5.41, 5.74) is 18.3. The van der Waals surface area contributed by atoms with Crippen molar-refractivity contribution in [3.05, 3.63) is 198 Å². The zero-order chi connectivity index (χ0) is 35.1. The molecule has 0 atom stereocenters. The van der Waals surface area contributed by atoms with Crippen molar-refractivity contribution in [2.24, 2.45) is 0 Å². The second kappa shape index (κ2) is 10.1. The molecule has 0 amide bonds. The zero-order valence-electron chi connectivity index (χ0n) is 29.1. The third kappa shape index (κ3) is 3.30. The summed E-state index contributed by atoms with van der Waals surface area (Å²) in [7, 11) is 0. The van der Waals surface area contributed by atoms with Gasteiger partial charge in [0.05, 0.1) is 27.8 Å². The quantitative estimate of drug-likeness (QED) is 0.182. The van der Waals surface area contributed by atoms with Gasteiger partial charge >= 0.3 is 0 Å². The van der Waals surface area contributed by atoms with Gasteiger partial charge in [-0.3, -0.25) is 4.57 Å². The van der Waals surface area contributed by atoms with Gasteiger partial charge < -0.3 is 0 Å². The molecule has 0 bridgehead atoms. The van der Waals surface area contributed by atoms with Gasteiger partial charge in [0.1, 0.15) is 0 Å². The number of nitrogens with zero attached hydrogens (tertiary/aromatic N) is 3. The molecule has 0 fully saturated rings. The molecule has 3 aliphatic carbocycles. The standard InChI is InChI=1S/C51H29N3/c1-2-14-31(15-3-1)48-47-38-20-6-9-27-41(38)51(39-25-7-4-18-32(39)33-19-5-8-26-40(33)51)49(47)53-50(52-48)54-42-28-12-23-36-34-21-10-16-30-17-11-22-35(44(30)34)37-24-13-29-43(54)46(37)45(36)42/h1-29H. The van der Waals surface area contributed by atoms with Crippen molar-refractivity contribution in [1.82, 2.24) is 14.5 Å². The van der Waals surface area contributed by atoms with Gasteiger partial charge in [-0.1, -0.05) is 164 Å². The Kier molecular flexibility index (Phi) is 5.31. The summed E-state index contributed by atoms with van der Waals surface area (Å²) in [5.74, 6) is 0.683. The highest BCUT2D eigenvalue weighted by atomic mass is 15.2. The molecule has 0 saturated carbocycles. The monoisotopic (exact) mass is 683 g/mol. The van der Waals surface area contributed by atoms with Crippen LogP contribution in [-0.4, -0.2) is 14.5 Å². The molecule has 2 heterocycles. The molecule has 248 valence electrons. The molecular weight excluding hydrogens is 655 g/mol. The lowest BCUT2D eigenvalue weighted by Crippen LogP contribution is -2.27. The molecule has 8 aromatic carbocycles. The Hall–Kier alpha value is -7.10. The maximum atomic E-state index is 5.87. The second-order valence-corrected chi connectivity index (χ2v) is 14.8. The van der Waals surface area contributed by atoms with Crippen LogP contribution >= 0.6 is 0 Å². The molecular formula is C51H29N3. The Labute approximate surface area is 311 Å². The minimum Gasteiger partial charge on any atom is -0.278 e. The van der Waals surface area contributed by atoms with Gasteiger partial charge in [0.2, 0.25) is 5.95 Å². The topological polar surface area (TPSA) is 30.7 Å². The van der Waals surface area contributed by atoms with Crippen molar-refractivity contribution in [2.45, 2.75) is 5.41 Å².